The molecule has 0 aliphatic carbocycles. The Hall–Kier alpha value is -3.00. The average Bonchev–Trinajstić information content (AvgIpc) is 3.23. The lowest BCUT2D eigenvalue weighted by Crippen LogP contribution is -2.62. The van der Waals surface area contributed by atoms with Crippen LogP contribution in [0.3, 0.4) is 0 Å². The zero-order chi connectivity index (χ0) is 25.3. The minimum absolute atomic E-state index is 0.183. The molecular formula is C23H28F3N7O3. The van der Waals surface area contributed by atoms with E-state index >= 15 is 0 Å². The number of halogens is 3. The SMILES string of the molecule is N=Cc1c(Nc2cccc(C(F)(F)F)c2)nc(NC2COCC2O)nc1N1CC(N2CCOCC2)C1. The molecule has 4 N–H and O–H groups in total. The van der Waals surface area contributed by atoms with Crippen molar-refractivity contribution in [1.29, 1.82) is 5.41 Å². The molecule has 10 nitrogen and oxygen atoms in total. The number of hydrogen-bond donors (Lipinski definition) is 4. The summed E-state index contributed by atoms with van der Waals surface area (Å²) in [7, 11) is 0. The van der Waals surface area contributed by atoms with Crippen LogP contribution in [0.2, 0.25) is 0 Å². The lowest BCUT2D eigenvalue weighted by atomic mass is 10.1. The number of hydrogen-bond acceptors (Lipinski definition) is 10. The van der Waals surface area contributed by atoms with E-state index in [1.807, 2.05) is 4.90 Å². The molecule has 194 valence electrons. The van der Waals surface area contributed by atoms with E-state index < -0.39 is 23.9 Å². The first-order valence-corrected chi connectivity index (χ1v) is 11.8. The van der Waals surface area contributed by atoms with Gasteiger partial charge in [-0.15, -0.1) is 0 Å². The monoisotopic (exact) mass is 507 g/mol. The van der Waals surface area contributed by atoms with E-state index in [9.17, 15) is 18.3 Å². The van der Waals surface area contributed by atoms with E-state index in [0.717, 1.165) is 31.4 Å². The van der Waals surface area contributed by atoms with Gasteiger partial charge in [-0.25, -0.2) is 0 Å². The first-order valence-electron chi connectivity index (χ1n) is 11.8. The maximum Gasteiger partial charge on any atom is 0.416 e. The maximum atomic E-state index is 13.2. The summed E-state index contributed by atoms with van der Waals surface area (Å²) in [6, 6.07) is 4.70. The van der Waals surface area contributed by atoms with Crippen LogP contribution in [-0.4, -0.2) is 97.0 Å². The van der Waals surface area contributed by atoms with E-state index in [4.69, 9.17) is 14.9 Å². The summed E-state index contributed by atoms with van der Waals surface area (Å²) in [5.74, 6) is 0.879. The summed E-state index contributed by atoms with van der Waals surface area (Å²) in [5, 5.41) is 24.2. The Kier molecular flexibility index (Phi) is 6.97. The molecule has 1 aromatic heterocycles. The Labute approximate surface area is 205 Å². The number of aliphatic hydroxyl groups excluding tert-OH is 1. The summed E-state index contributed by atoms with van der Waals surface area (Å²) in [6.45, 7) is 4.94. The van der Waals surface area contributed by atoms with Gasteiger partial charge in [0.15, 0.2) is 0 Å². The molecule has 3 aliphatic rings. The Morgan fingerprint density at radius 2 is 1.89 bits per heavy atom. The lowest BCUT2D eigenvalue weighted by molar-refractivity contribution is -0.137. The third-order valence-electron chi connectivity index (χ3n) is 6.61. The highest BCUT2D eigenvalue weighted by molar-refractivity contribution is 5.93. The second-order valence-electron chi connectivity index (χ2n) is 9.04. The maximum absolute atomic E-state index is 13.2. The molecule has 3 fully saturated rings. The van der Waals surface area contributed by atoms with Crippen LogP contribution in [0.1, 0.15) is 11.1 Å². The number of morpholine rings is 1. The normalized spacial score (nSPS) is 23.4. The Balaban J connectivity index is 1.44. The van der Waals surface area contributed by atoms with Gasteiger partial charge < -0.3 is 35.5 Å². The summed E-state index contributed by atoms with van der Waals surface area (Å²) >= 11 is 0. The minimum atomic E-state index is -4.49. The first-order chi connectivity index (χ1) is 17.3. The number of benzene rings is 1. The van der Waals surface area contributed by atoms with Gasteiger partial charge in [0.25, 0.3) is 0 Å². The summed E-state index contributed by atoms with van der Waals surface area (Å²) in [6.07, 6.45) is -4.13. The lowest BCUT2D eigenvalue weighted by Gasteiger charge is -2.47. The second kappa shape index (κ2) is 10.2. The van der Waals surface area contributed by atoms with Crippen molar-refractivity contribution in [2.75, 3.05) is 68.1 Å². The predicted molar refractivity (Wildman–Crippen MR) is 127 cm³/mol. The van der Waals surface area contributed by atoms with E-state index in [1.165, 1.54) is 12.1 Å². The Morgan fingerprint density at radius 1 is 1.11 bits per heavy atom. The fourth-order valence-corrected chi connectivity index (χ4v) is 4.55. The number of alkyl halides is 3. The number of aliphatic hydroxyl groups is 1. The molecule has 0 radical (unpaired) electrons. The zero-order valence-corrected chi connectivity index (χ0v) is 19.5. The van der Waals surface area contributed by atoms with Gasteiger partial charge in [-0.3, -0.25) is 4.90 Å². The molecule has 0 amide bonds. The standard InChI is InChI=1S/C23H28F3N7O3/c24-23(25,26)14-2-1-3-15(8-14)28-20-17(9-27)21(31-22(30-20)29-18-12-36-13-19(18)34)33-10-16(11-33)32-4-6-35-7-5-32/h1-3,8-9,16,18-19,27,34H,4-7,10-13H2,(H2,28,29,30,31). The molecule has 4 heterocycles. The Morgan fingerprint density at radius 3 is 2.56 bits per heavy atom. The van der Waals surface area contributed by atoms with Crippen molar-refractivity contribution in [3.8, 4) is 0 Å². The molecule has 5 rings (SSSR count). The predicted octanol–water partition coefficient (Wildman–Crippen LogP) is 1.93. The van der Waals surface area contributed by atoms with Gasteiger partial charge in [0.05, 0.1) is 49.7 Å². The van der Waals surface area contributed by atoms with Crippen molar-refractivity contribution < 1.29 is 27.8 Å². The second-order valence-corrected chi connectivity index (χ2v) is 9.04. The van der Waals surface area contributed by atoms with Crippen LogP contribution in [0.5, 0.6) is 0 Å². The highest BCUT2D eigenvalue weighted by atomic mass is 19.4. The zero-order valence-electron chi connectivity index (χ0n) is 19.5. The van der Waals surface area contributed by atoms with Gasteiger partial charge >= 0.3 is 6.18 Å². The van der Waals surface area contributed by atoms with Gasteiger partial charge in [-0.1, -0.05) is 6.07 Å². The molecule has 0 spiro atoms. The van der Waals surface area contributed by atoms with Crippen molar-refractivity contribution in [2.45, 2.75) is 24.4 Å². The van der Waals surface area contributed by atoms with Gasteiger partial charge in [0, 0.05) is 44.1 Å². The summed E-state index contributed by atoms with van der Waals surface area (Å²) in [5.41, 5.74) is -0.247. The highest BCUT2D eigenvalue weighted by Crippen LogP contribution is 2.34. The first kappa shape index (κ1) is 24.7. The third-order valence-corrected chi connectivity index (χ3v) is 6.61. The smallest absolute Gasteiger partial charge is 0.388 e. The topological polar surface area (TPSA) is 119 Å². The number of nitrogens with zero attached hydrogens (tertiary/aromatic N) is 4. The fraction of sp³-hybridized carbons (Fsp3) is 0.522. The van der Waals surface area contributed by atoms with Crippen LogP contribution < -0.4 is 15.5 Å². The van der Waals surface area contributed by atoms with Gasteiger partial charge in [0.2, 0.25) is 5.95 Å². The number of aromatic nitrogens is 2. The largest absolute Gasteiger partial charge is 0.416 e. The summed E-state index contributed by atoms with van der Waals surface area (Å²) < 4.78 is 50.4. The fourth-order valence-electron chi connectivity index (χ4n) is 4.55. The molecule has 1 aromatic carbocycles. The number of rotatable bonds is 7. The van der Waals surface area contributed by atoms with Crippen LogP contribution in [0.25, 0.3) is 0 Å². The molecule has 3 saturated heterocycles. The molecule has 2 unspecified atom stereocenters. The van der Waals surface area contributed by atoms with Crippen LogP contribution >= 0.6 is 0 Å². The molecule has 0 saturated carbocycles. The van der Waals surface area contributed by atoms with Crippen LogP contribution in [0, 0.1) is 5.41 Å². The van der Waals surface area contributed by atoms with E-state index in [2.05, 4.69) is 25.5 Å². The summed E-state index contributed by atoms with van der Waals surface area (Å²) in [4.78, 5) is 13.5. The van der Waals surface area contributed by atoms with Crippen LogP contribution in [-0.2, 0) is 15.7 Å². The van der Waals surface area contributed by atoms with E-state index in [1.54, 1.807) is 0 Å². The molecule has 0 bridgehead atoms. The molecule has 36 heavy (non-hydrogen) atoms. The molecule has 2 aromatic rings. The number of anilines is 4. The van der Waals surface area contributed by atoms with Crippen molar-refractivity contribution in [3.63, 3.8) is 0 Å². The average molecular weight is 508 g/mol. The Bertz CT molecular complexity index is 1090. The van der Waals surface area contributed by atoms with Crippen molar-refractivity contribution in [1.82, 2.24) is 14.9 Å². The minimum Gasteiger partial charge on any atom is -0.388 e. The number of ether oxygens (including phenoxy) is 2. The molecular weight excluding hydrogens is 479 g/mol. The third kappa shape index (κ3) is 5.24. The van der Waals surface area contributed by atoms with Gasteiger partial charge in [0.1, 0.15) is 11.6 Å². The van der Waals surface area contributed by atoms with E-state index in [0.29, 0.717) is 43.7 Å². The molecule has 13 heteroatoms. The van der Waals surface area contributed by atoms with Crippen molar-refractivity contribution in [3.05, 3.63) is 35.4 Å². The van der Waals surface area contributed by atoms with Crippen molar-refractivity contribution in [2.24, 2.45) is 0 Å². The quantitative estimate of drug-likeness (QED) is 0.417. The molecule has 2 atom stereocenters. The van der Waals surface area contributed by atoms with E-state index in [-0.39, 0.29) is 30.7 Å². The van der Waals surface area contributed by atoms with Crippen LogP contribution in [0.4, 0.5) is 36.4 Å². The molecule has 3 aliphatic heterocycles. The highest BCUT2D eigenvalue weighted by Gasteiger charge is 2.36. The van der Waals surface area contributed by atoms with Gasteiger partial charge in [-0.2, -0.15) is 23.1 Å². The van der Waals surface area contributed by atoms with Crippen molar-refractivity contribution >= 4 is 29.5 Å². The van der Waals surface area contributed by atoms with Crippen LogP contribution in [0.15, 0.2) is 24.3 Å². The van der Waals surface area contributed by atoms with Gasteiger partial charge in [-0.05, 0) is 18.2 Å². The number of nitrogens with one attached hydrogen (secondary N) is 3.